The van der Waals surface area contributed by atoms with Crippen molar-refractivity contribution in [1.82, 2.24) is 23.9 Å². The number of carbonyl (C=O) groups excluding carboxylic acids is 1. The van der Waals surface area contributed by atoms with Gasteiger partial charge in [0.25, 0.3) is 5.91 Å². The molecule has 1 N–H and O–H groups in total. The predicted octanol–water partition coefficient (Wildman–Crippen LogP) is 2.99. The van der Waals surface area contributed by atoms with Gasteiger partial charge < -0.3 is 9.88 Å². The molecule has 7 heteroatoms. The molecule has 0 aliphatic heterocycles. The topological polar surface area (TPSA) is 77.1 Å². The maximum absolute atomic E-state index is 12.9. The molecule has 0 radical (unpaired) electrons. The number of carbonyl (C=O) groups is 1. The van der Waals surface area contributed by atoms with Gasteiger partial charge in [-0.15, -0.1) is 0 Å². The second-order valence-corrected chi connectivity index (χ2v) is 6.27. The monoisotopic (exact) mass is 334 g/mol. The molecule has 4 aromatic heterocycles. The number of anilines is 1. The molecular formula is C18H18N6O. The molecule has 0 fully saturated rings. The Balaban J connectivity index is 1.80. The zero-order valence-electron chi connectivity index (χ0n) is 14.3. The lowest BCUT2D eigenvalue weighted by Gasteiger charge is -2.09. The minimum atomic E-state index is -0.223. The Morgan fingerprint density at radius 1 is 1.20 bits per heavy atom. The number of hydrogen-bond acceptors (Lipinski definition) is 4. The van der Waals surface area contributed by atoms with E-state index in [-0.39, 0.29) is 11.8 Å². The number of hydrogen-bond donors (Lipinski definition) is 1. The number of imidazole rings is 2. The van der Waals surface area contributed by atoms with Crippen LogP contribution in [0.5, 0.6) is 0 Å². The summed E-state index contributed by atoms with van der Waals surface area (Å²) in [6.45, 7) is 4.11. The molecular weight excluding hydrogens is 316 g/mol. The van der Waals surface area contributed by atoms with E-state index in [1.165, 1.54) is 0 Å². The van der Waals surface area contributed by atoms with Crippen LogP contribution in [0.4, 0.5) is 5.82 Å². The van der Waals surface area contributed by atoms with E-state index in [9.17, 15) is 4.79 Å². The van der Waals surface area contributed by atoms with E-state index >= 15 is 0 Å². The van der Waals surface area contributed by atoms with Crippen LogP contribution in [0.2, 0.25) is 0 Å². The van der Waals surface area contributed by atoms with Crippen molar-refractivity contribution in [2.75, 3.05) is 5.32 Å². The molecule has 4 heterocycles. The molecule has 0 aromatic carbocycles. The molecule has 4 rings (SSSR count). The highest BCUT2D eigenvalue weighted by Gasteiger charge is 2.20. The zero-order valence-corrected chi connectivity index (χ0v) is 14.3. The molecule has 4 aromatic rings. The van der Waals surface area contributed by atoms with E-state index in [2.05, 4.69) is 34.1 Å². The summed E-state index contributed by atoms with van der Waals surface area (Å²) in [7, 11) is 1.85. The Kier molecular flexibility index (Phi) is 3.49. The minimum Gasteiger partial charge on any atom is -0.318 e. The lowest BCUT2D eigenvalue weighted by atomic mass is 10.1. The maximum Gasteiger partial charge on any atom is 0.259 e. The van der Waals surface area contributed by atoms with Gasteiger partial charge in [0.1, 0.15) is 17.0 Å². The molecule has 25 heavy (non-hydrogen) atoms. The highest BCUT2D eigenvalue weighted by Crippen LogP contribution is 2.26. The first-order valence-corrected chi connectivity index (χ1v) is 8.10. The normalized spacial score (nSPS) is 11.5. The molecule has 0 atom stereocenters. The van der Waals surface area contributed by atoms with Gasteiger partial charge in [-0.3, -0.25) is 9.20 Å². The summed E-state index contributed by atoms with van der Waals surface area (Å²) in [5.41, 5.74) is 3.41. The van der Waals surface area contributed by atoms with Crippen molar-refractivity contribution >= 4 is 28.5 Å². The molecule has 0 spiro atoms. The Labute approximate surface area is 144 Å². The lowest BCUT2D eigenvalue weighted by molar-refractivity contribution is 0.102. The van der Waals surface area contributed by atoms with Gasteiger partial charge in [0, 0.05) is 19.4 Å². The predicted molar refractivity (Wildman–Crippen MR) is 95.7 cm³/mol. The van der Waals surface area contributed by atoms with Gasteiger partial charge in [0.05, 0.1) is 17.6 Å². The Morgan fingerprint density at radius 2 is 2.04 bits per heavy atom. The van der Waals surface area contributed by atoms with Crippen LogP contribution in [0, 0.1) is 0 Å². The molecule has 0 saturated carbocycles. The van der Waals surface area contributed by atoms with Crippen molar-refractivity contribution in [3.05, 3.63) is 54.2 Å². The number of aromatic nitrogens is 5. The fraction of sp³-hybridized carbons (Fsp3) is 0.222. The highest BCUT2D eigenvalue weighted by molar-refractivity contribution is 6.11. The third-order valence-corrected chi connectivity index (χ3v) is 4.18. The van der Waals surface area contributed by atoms with Crippen LogP contribution >= 0.6 is 0 Å². The molecule has 0 unspecified atom stereocenters. The van der Waals surface area contributed by atoms with Crippen molar-refractivity contribution in [2.24, 2.45) is 7.05 Å². The summed E-state index contributed by atoms with van der Waals surface area (Å²) in [6, 6.07) is 7.45. The average Bonchev–Trinajstić information content (AvgIpc) is 3.16. The molecule has 126 valence electrons. The molecule has 0 aliphatic carbocycles. The Bertz CT molecular complexity index is 1090. The van der Waals surface area contributed by atoms with Gasteiger partial charge in [0.15, 0.2) is 5.65 Å². The average molecular weight is 334 g/mol. The SMILES string of the molecule is CC(C)c1nc2ccccn2c1NC(=O)c1ccnc2c1ncn2C. The molecule has 1 amide bonds. The number of pyridine rings is 2. The van der Waals surface area contributed by atoms with E-state index < -0.39 is 0 Å². The summed E-state index contributed by atoms with van der Waals surface area (Å²) < 4.78 is 3.68. The first-order chi connectivity index (χ1) is 12.1. The molecule has 7 nitrogen and oxygen atoms in total. The first-order valence-electron chi connectivity index (χ1n) is 8.10. The van der Waals surface area contributed by atoms with E-state index in [0.29, 0.717) is 22.5 Å². The summed E-state index contributed by atoms with van der Waals surface area (Å²) in [6.07, 6.45) is 5.17. The fourth-order valence-electron chi connectivity index (χ4n) is 2.93. The lowest BCUT2D eigenvalue weighted by Crippen LogP contribution is -2.15. The van der Waals surface area contributed by atoms with Gasteiger partial charge in [-0.25, -0.2) is 15.0 Å². The number of nitrogens with zero attached hydrogens (tertiary/aromatic N) is 5. The number of rotatable bonds is 3. The van der Waals surface area contributed by atoms with Gasteiger partial charge in [-0.1, -0.05) is 19.9 Å². The van der Waals surface area contributed by atoms with Crippen LogP contribution in [0.15, 0.2) is 43.0 Å². The van der Waals surface area contributed by atoms with Gasteiger partial charge >= 0.3 is 0 Å². The summed E-state index contributed by atoms with van der Waals surface area (Å²) in [5, 5.41) is 3.02. The summed E-state index contributed by atoms with van der Waals surface area (Å²) >= 11 is 0. The molecule has 0 bridgehead atoms. The van der Waals surface area contributed by atoms with Gasteiger partial charge in [0.2, 0.25) is 0 Å². The number of nitrogens with one attached hydrogen (secondary N) is 1. The quantitative estimate of drug-likeness (QED) is 0.625. The number of fused-ring (bicyclic) bond motifs is 2. The van der Waals surface area contributed by atoms with Crippen LogP contribution in [-0.4, -0.2) is 29.8 Å². The summed E-state index contributed by atoms with van der Waals surface area (Å²) in [4.78, 5) is 26.2. The standard InChI is InChI=1S/C18H18N6O/c1-11(2)14-17(24-9-5-4-6-13(24)21-14)22-18(25)12-7-8-19-16-15(12)20-10-23(16)3/h4-11H,1-3H3,(H,22,25). The second kappa shape index (κ2) is 5.70. The van der Waals surface area contributed by atoms with Gasteiger partial charge in [-0.05, 0) is 24.1 Å². The van der Waals surface area contributed by atoms with Crippen LogP contribution in [0.1, 0.15) is 35.8 Å². The van der Waals surface area contributed by atoms with Crippen LogP contribution in [-0.2, 0) is 7.05 Å². The molecule has 0 saturated heterocycles. The zero-order chi connectivity index (χ0) is 17.6. The summed E-state index contributed by atoms with van der Waals surface area (Å²) in [5.74, 6) is 0.651. The number of aryl methyl sites for hydroxylation is 1. The highest BCUT2D eigenvalue weighted by atomic mass is 16.1. The van der Waals surface area contributed by atoms with Crippen molar-refractivity contribution in [3.63, 3.8) is 0 Å². The smallest absolute Gasteiger partial charge is 0.259 e. The van der Waals surface area contributed by atoms with Crippen molar-refractivity contribution in [3.8, 4) is 0 Å². The van der Waals surface area contributed by atoms with E-state index in [4.69, 9.17) is 0 Å². The third-order valence-electron chi connectivity index (χ3n) is 4.18. The third kappa shape index (κ3) is 2.44. The molecule has 0 aliphatic rings. The Morgan fingerprint density at radius 3 is 2.84 bits per heavy atom. The number of amides is 1. The first kappa shape index (κ1) is 15.3. The van der Waals surface area contributed by atoms with Crippen molar-refractivity contribution in [1.29, 1.82) is 0 Å². The van der Waals surface area contributed by atoms with Gasteiger partial charge in [-0.2, -0.15) is 0 Å². The van der Waals surface area contributed by atoms with Crippen LogP contribution in [0.3, 0.4) is 0 Å². The van der Waals surface area contributed by atoms with Crippen LogP contribution in [0.25, 0.3) is 16.8 Å². The fourth-order valence-corrected chi connectivity index (χ4v) is 2.93. The second-order valence-electron chi connectivity index (χ2n) is 6.27. The van der Waals surface area contributed by atoms with E-state index in [0.717, 1.165) is 11.3 Å². The van der Waals surface area contributed by atoms with E-state index in [1.807, 2.05) is 35.8 Å². The Hall–Kier alpha value is -3.22. The van der Waals surface area contributed by atoms with Crippen LogP contribution < -0.4 is 5.32 Å². The maximum atomic E-state index is 12.9. The van der Waals surface area contributed by atoms with Crippen molar-refractivity contribution < 1.29 is 4.79 Å². The minimum absolute atomic E-state index is 0.183. The largest absolute Gasteiger partial charge is 0.318 e. The van der Waals surface area contributed by atoms with E-state index in [1.54, 1.807) is 23.2 Å². The van der Waals surface area contributed by atoms with Crippen molar-refractivity contribution in [2.45, 2.75) is 19.8 Å².